The van der Waals surface area contributed by atoms with E-state index in [0.29, 0.717) is 12.0 Å². The van der Waals surface area contributed by atoms with Crippen LogP contribution in [0.3, 0.4) is 0 Å². The zero-order chi connectivity index (χ0) is 20.2. The van der Waals surface area contributed by atoms with Gasteiger partial charge in [-0.3, -0.25) is 4.79 Å². The van der Waals surface area contributed by atoms with Gasteiger partial charge in [-0.1, -0.05) is 66.7 Å². The van der Waals surface area contributed by atoms with E-state index >= 15 is 0 Å². The van der Waals surface area contributed by atoms with E-state index in [1.54, 1.807) is 11.0 Å². The summed E-state index contributed by atoms with van der Waals surface area (Å²) >= 11 is 0. The van der Waals surface area contributed by atoms with Gasteiger partial charge in [-0.2, -0.15) is 0 Å². The van der Waals surface area contributed by atoms with Crippen molar-refractivity contribution < 1.29 is 14.3 Å². The number of amides is 1. The molecule has 1 aliphatic heterocycles. The molecule has 0 saturated heterocycles. The predicted octanol–water partition coefficient (Wildman–Crippen LogP) is 4.41. The molecule has 0 bridgehead atoms. The van der Waals surface area contributed by atoms with Crippen LogP contribution in [0, 0.1) is 0 Å². The summed E-state index contributed by atoms with van der Waals surface area (Å²) in [4.78, 5) is 27.2. The summed E-state index contributed by atoms with van der Waals surface area (Å²) in [6, 6.07) is 25.3. The van der Waals surface area contributed by atoms with Crippen molar-refractivity contribution in [3.63, 3.8) is 0 Å². The lowest BCUT2D eigenvalue weighted by atomic mass is 10.00. The highest BCUT2D eigenvalue weighted by Crippen LogP contribution is 2.31. The van der Waals surface area contributed by atoms with Crippen LogP contribution in [-0.4, -0.2) is 24.5 Å². The number of ether oxygens (including phenoxy) is 1. The van der Waals surface area contributed by atoms with Crippen LogP contribution >= 0.6 is 0 Å². The number of rotatable bonds is 5. The second kappa shape index (κ2) is 8.31. The number of hydrogen-bond acceptors (Lipinski definition) is 3. The second-order valence-electron chi connectivity index (χ2n) is 7.34. The monoisotopic (exact) mass is 385 g/mol. The van der Waals surface area contributed by atoms with E-state index in [0.717, 1.165) is 28.8 Å². The van der Waals surface area contributed by atoms with Gasteiger partial charge in [-0.05, 0) is 48.6 Å². The minimum atomic E-state index is -0.468. The largest absolute Gasteiger partial charge is 0.452 e. The molecule has 0 aliphatic carbocycles. The Kier molecular flexibility index (Phi) is 5.43. The van der Waals surface area contributed by atoms with Crippen LogP contribution in [0.5, 0.6) is 0 Å². The number of nitrogens with zero attached hydrogens (tertiary/aromatic N) is 1. The quantitative estimate of drug-likeness (QED) is 0.611. The molecule has 0 saturated carbocycles. The average Bonchev–Trinajstić information content (AvgIpc) is 3.08. The Morgan fingerprint density at radius 1 is 0.931 bits per heavy atom. The molecule has 3 aromatic rings. The number of carbonyl (C=O) groups is 2. The van der Waals surface area contributed by atoms with E-state index in [2.05, 4.69) is 0 Å². The maximum atomic E-state index is 12.8. The van der Waals surface area contributed by atoms with Crippen LogP contribution in [0.1, 0.15) is 34.0 Å². The lowest BCUT2D eigenvalue weighted by Gasteiger charge is -2.22. The fourth-order valence-electron chi connectivity index (χ4n) is 3.91. The maximum absolute atomic E-state index is 12.8. The van der Waals surface area contributed by atoms with Crippen LogP contribution in [0.4, 0.5) is 5.69 Å². The number of benzene rings is 3. The Hall–Kier alpha value is -3.40. The molecule has 1 atom stereocenters. The number of fused-ring (bicyclic) bond motifs is 1. The first kappa shape index (κ1) is 18.9. The normalized spacial score (nSPS) is 15.1. The molecule has 29 heavy (non-hydrogen) atoms. The molecule has 0 aromatic heterocycles. The van der Waals surface area contributed by atoms with Crippen LogP contribution in [0.25, 0.3) is 0 Å². The topological polar surface area (TPSA) is 46.6 Å². The summed E-state index contributed by atoms with van der Waals surface area (Å²) in [6.45, 7) is 1.74. The van der Waals surface area contributed by atoms with Gasteiger partial charge in [0.05, 0.1) is 5.56 Å². The Balaban J connectivity index is 1.45. The number of hydrogen-bond donors (Lipinski definition) is 0. The van der Waals surface area contributed by atoms with Crippen LogP contribution < -0.4 is 4.90 Å². The van der Waals surface area contributed by atoms with E-state index in [1.165, 1.54) is 0 Å². The highest BCUT2D eigenvalue weighted by atomic mass is 16.5. The number of carbonyl (C=O) groups excluding carboxylic acids is 2. The van der Waals surface area contributed by atoms with Gasteiger partial charge < -0.3 is 9.64 Å². The van der Waals surface area contributed by atoms with E-state index in [9.17, 15) is 9.59 Å². The van der Waals surface area contributed by atoms with Crippen molar-refractivity contribution in [1.29, 1.82) is 0 Å². The molecule has 3 aromatic carbocycles. The van der Waals surface area contributed by atoms with Gasteiger partial charge in [0.1, 0.15) is 0 Å². The van der Waals surface area contributed by atoms with Crippen molar-refractivity contribution in [3.8, 4) is 0 Å². The smallest absolute Gasteiger partial charge is 0.338 e. The number of esters is 1. The van der Waals surface area contributed by atoms with Gasteiger partial charge in [0.15, 0.2) is 6.61 Å². The van der Waals surface area contributed by atoms with Gasteiger partial charge in [-0.15, -0.1) is 0 Å². The minimum Gasteiger partial charge on any atom is -0.452 e. The molecular formula is C25H23NO3. The van der Waals surface area contributed by atoms with Crippen LogP contribution in [0.15, 0.2) is 78.9 Å². The molecule has 0 fully saturated rings. The van der Waals surface area contributed by atoms with Crippen LogP contribution in [-0.2, 0) is 22.4 Å². The molecular weight excluding hydrogens is 362 g/mol. The molecule has 1 amide bonds. The molecule has 0 unspecified atom stereocenters. The van der Waals surface area contributed by atoms with E-state index < -0.39 is 5.97 Å². The maximum Gasteiger partial charge on any atom is 0.338 e. The highest BCUT2D eigenvalue weighted by molar-refractivity contribution is 5.99. The van der Waals surface area contributed by atoms with Gasteiger partial charge in [0.25, 0.3) is 5.91 Å². The van der Waals surface area contributed by atoms with E-state index in [1.807, 2.05) is 79.7 Å². The highest BCUT2D eigenvalue weighted by Gasteiger charge is 2.31. The first-order valence-electron chi connectivity index (χ1n) is 9.82. The summed E-state index contributed by atoms with van der Waals surface area (Å²) in [6.07, 6.45) is 1.45. The summed E-state index contributed by atoms with van der Waals surface area (Å²) in [5.74, 6) is -0.665. The predicted molar refractivity (Wildman–Crippen MR) is 113 cm³/mol. The summed E-state index contributed by atoms with van der Waals surface area (Å²) in [5, 5.41) is 0. The molecule has 4 nitrogen and oxygen atoms in total. The third-order valence-electron chi connectivity index (χ3n) is 5.28. The van der Waals surface area contributed by atoms with Gasteiger partial charge in [0.2, 0.25) is 0 Å². The van der Waals surface area contributed by atoms with Gasteiger partial charge in [-0.25, -0.2) is 4.79 Å². The average molecular weight is 385 g/mol. The zero-order valence-corrected chi connectivity index (χ0v) is 16.4. The third kappa shape index (κ3) is 4.06. The standard InChI is InChI=1S/C25H23NO3/c1-18-15-21-12-6-8-14-23(21)26(18)24(27)17-29-25(28)22-13-7-5-11-20(22)16-19-9-3-2-4-10-19/h2-14,18H,15-17H2,1H3/t18-/m0/s1. The zero-order valence-electron chi connectivity index (χ0n) is 16.4. The minimum absolute atomic E-state index is 0.0592. The van der Waals surface area contributed by atoms with Crippen LogP contribution in [0.2, 0.25) is 0 Å². The molecule has 0 spiro atoms. The van der Waals surface area contributed by atoms with Crippen molar-refractivity contribution >= 4 is 17.6 Å². The lowest BCUT2D eigenvalue weighted by Crippen LogP contribution is -2.38. The summed E-state index contributed by atoms with van der Waals surface area (Å²) < 4.78 is 5.41. The SMILES string of the molecule is C[C@H]1Cc2ccccc2N1C(=O)COC(=O)c1ccccc1Cc1ccccc1. The number of anilines is 1. The molecule has 1 aliphatic rings. The molecule has 0 N–H and O–H groups in total. The summed E-state index contributed by atoms with van der Waals surface area (Å²) in [7, 11) is 0. The first-order chi connectivity index (χ1) is 14.1. The Morgan fingerprint density at radius 3 is 2.45 bits per heavy atom. The fourth-order valence-corrected chi connectivity index (χ4v) is 3.91. The third-order valence-corrected chi connectivity index (χ3v) is 5.28. The first-order valence-corrected chi connectivity index (χ1v) is 9.82. The van der Waals surface area contributed by atoms with Gasteiger partial charge >= 0.3 is 5.97 Å². The van der Waals surface area contributed by atoms with Crippen molar-refractivity contribution in [1.82, 2.24) is 0 Å². The summed E-state index contributed by atoms with van der Waals surface area (Å²) in [5.41, 5.74) is 4.56. The van der Waals surface area contributed by atoms with Crippen molar-refractivity contribution in [3.05, 3.63) is 101 Å². The van der Waals surface area contributed by atoms with E-state index in [-0.39, 0.29) is 18.6 Å². The van der Waals surface area contributed by atoms with Crippen molar-refractivity contribution in [2.75, 3.05) is 11.5 Å². The lowest BCUT2D eigenvalue weighted by molar-refractivity contribution is -0.122. The fraction of sp³-hybridized carbons (Fsp3) is 0.200. The molecule has 0 radical (unpaired) electrons. The number of para-hydroxylation sites is 1. The molecule has 1 heterocycles. The molecule has 4 rings (SSSR count). The Labute approximate surface area is 170 Å². The van der Waals surface area contributed by atoms with Gasteiger partial charge in [0, 0.05) is 11.7 Å². The second-order valence-corrected chi connectivity index (χ2v) is 7.34. The van der Waals surface area contributed by atoms with Crippen molar-refractivity contribution in [2.24, 2.45) is 0 Å². The van der Waals surface area contributed by atoms with Crippen molar-refractivity contribution in [2.45, 2.75) is 25.8 Å². The Morgan fingerprint density at radius 2 is 1.62 bits per heavy atom. The Bertz CT molecular complexity index is 1030. The molecule has 4 heteroatoms. The van der Waals surface area contributed by atoms with E-state index in [4.69, 9.17) is 4.74 Å². The molecule has 146 valence electrons.